The van der Waals surface area contributed by atoms with Crippen molar-refractivity contribution in [2.75, 3.05) is 18.8 Å². The molecule has 0 aromatic heterocycles. The Bertz CT molecular complexity index is 571. The molecular formula is C14H21N3O2S. The van der Waals surface area contributed by atoms with Crippen LogP contribution >= 0.6 is 0 Å². The van der Waals surface area contributed by atoms with Gasteiger partial charge in [0.15, 0.2) is 0 Å². The monoisotopic (exact) mass is 295 g/mol. The highest BCUT2D eigenvalue weighted by Gasteiger charge is 2.43. The minimum atomic E-state index is -3.31. The second kappa shape index (κ2) is 5.35. The Hall–Kier alpha value is -1.11. The van der Waals surface area contributed by atoms with E-state index in [9.17, 15) is 8.42 Å². The standard InChI is InChI=1S/C14H21N3O2S/c15-13-4-1-11(2-5-13)7-8-16-20(18,19)17-10-12-3-6-14(17)9-12/h1-2,4-5,12,14,16H,3,6-10,15H2. The second-order valence-electron chi connectivity index (χ2n) is 5.79. The van der Waals surface area contributed by atoms with E-state index in [-0.39, 0.29) is 6.04 Å². The molecule has 2 aliphatic rings. The normalized spacial score (nSPS) is 26.2. The average Bonchev–Trinajstić information content (AvgIpc) is 3.04. The van der Waals surface area contributed by atoms with Crippen LogP contribution in [0.25, 0.3) is 0 Å². The number of anilines is 1. The molecule has 3 N–H and O–H groups in total. The molecule has 1 aliphatic carbocycles. The van der Waals surface area contributed by atoms with Gasteiger partial charge >= 0.3 is 0 Å². The average molecular weight is 295 g/mol. The first-order chi connectivity index (χ1) is 9.54. The van der Waals surface area contributed by atoms with E-state index in [4.69, 9.17) is 5.73 Å². The van der Waals surface area contributed by atoms with Crippen molar-refractivity contribution in [3.05, 3.63) is 29.8 Å². The third-order valence-electron chi connectivity index (χ3n) is 4.35. The topological polar surface area (TPSA) is 75.4 Å². The van der Waals surface area contributed by atoms with Crippen molar-refractivity contribution in [1.82, 2.24) is 9.03 Å². The Morgan fingerprint density at radius 3 is 2.60 bits per heavy atom. The van der Waals surface area contributed by atoms with E-state index in [1.165, 1.54) is 6.42 Å². The molecule has 2 atom stereocenters. The molecule has 3 rings (SSSR count). The summed E-state index contributed by atoms with van der Waals surface area (Å²) >= 11 is 0. The summed E-state index contributed by atoms with van der Waals surface area (Å²) in [5, 5.41) is 0. The highest BCUT2D eigenvalue weighted by Crippen LogP contribution is 2.38. The molecule has 5 nitrogen and oxygen atoms in total. The number of piperidine rings is 1. The minimum Gasteiger partial charge on any atom is -0.399 e. The summed E-state index contributed by atoms with van der Waals surface area (Å²) in [4.78, 5) is 0. The maximum absolute atomic E-state index is 12.3. The second-order valence-corrected chi connectivity index (χ2v) is 7.50. The van der Waals surface area contributed by atoms with Gasteiger partial charge in [-0.05, 0) is 49.3 Å². The van der Waals surface area contributed by atoms with E-state index < -0.39 is 10.2 Å². The van der Waals surface area contributed by atoms with Gasteiger partial charge in [-0.3, -0.25) is 0 Å². The largest absolute Gasteiger partial charge is 0.399 e. The Kier molecular flexibility index (Phi) is 3.70. The van der Waals surface area contributed by atoms with Crippen LogP contribution in [0.15, 0.2) is 24.3 Å². The van der Waals surface area contributed by atoms with Crippen LogP contribution in [0.1, 0.15) is 24.8 Å². The van der Waals surface area contributed by atoms with E-state index in [0.29, 0.717) is 25.4 Å². The number of benzene rings is 1. The summed E-state index contributed by atoms with van der Waals surface area (Å²) in [6, 6.07) is 7.77. The molecular weight excluding hydrogens is 274 g/mol. The maximum atomic E-state index is 12.3. The van der Waals surface area contributed by atoms with Gasteiger partial charge in [0.1, 0.15) is 0 Å². The van der Waals surface area contributed by atoms with Crippen LogP contribution in [0.3, 0.4) is 0 Å². The number of hydrogen-bond acceptors (Lipinski definition) is 3. The molecule has 1 aromatic carbocycles. The number of nitrogens with two attached hydrogens (primary N) is 1. The summed E-state index contributed by atoms with van der Waals surface area (Å²) in [6.45, 7) is 1.13. The number of nitrogens with zero attached hydrogens (tertiary/aromatic N) is 1. The van der Waals surface area contributed by atoms with Crippen molar-refractivity contribution in [2.24, 2.45) is 5.92 Å². The van der Waals surface area contributed by atoms with Crippen molar-refractivity contribution in [3.8, 4) is 0 Å². The molecule has 1 aromatic rings. The Balaban J connectivity index is 1.54. The lowest BCUT2D eigenvalue weighted by molar-refractivity contribution is 0.329. The Labute approximate surface area is 120 Å². The van der Waals surface area contributed by atoms with E-state index in [1.807, 2.05) is 24.3 Å². The number of rotatable bonds is 5. The van der Waals surface area contributed by atoms with Crippen LogP contribution in [0.4, 0.5) is 5.69 Å². The van der Waals surface area contributed by atoms with Gasteiger partial charge in [0.05, 0.1) is 0 Å². The summed E-state index contributed by atoms with van der Waals surface area (Å²) in [6.07, 6.45) is 3.92. The van der Waals surface area contributed by atoms with Gasteiger partial charge < -0.3 is 5.73 Å². The molecule has 6 heteroatoms. The van der Waals surface area contributed by atoms with Crippen LogP contribution < -0.4 is 10.5 Å². The predicted octanol–water partition coefficient (Wildman–Crippen LogP) is 1.13. The van der Waals surface area contributed by atoms with Crippen LogP contribution in [-0.2, 0) is 16.6 Å². The van der Waals surface area contributed by atoms with Crippen LogP contribution in [0, 0.1) is 5.92 Å². The third-order valence-corrected chi connectivity index (χ3v) is 5.98. The van der Waals surface area contributed by atoms with Gasteiger partial charge in [-0.2, -0.15) is 12.7 Å². The minimum absolute atomic E-state index is 0.231. The molecule has 2 bridgehead atoms. The molecule has 2 fully saturated rings. The van der Waals surface area contributed by atoms with Gasteiger partial charge in [0.2, 0.25) is 0 Å². The first-order valence-electron chi connectivity index (χ1n) is 7.15. The highest BCUT2D eigenvalue weighted by molar-refractivity contribution is 7.87. The number of hydrogen-bond donors (Lipinski definition) is 2. The van der Waals surface area contributed by atoms with Crippen molar-refractivity contribution in [2.45, 2.75) is 31.7 Å². The SMILES string of the molecule is Nc1ccc(CCNS(=O)(=O)N2CC3CCC2C3)cc1. The molecule has 1 saturated heterocycles. The lowest BCUT2D eigenvalue weighted by atomic mass is 10.1. The fourth-order valence-electron chi connectivity index (χ4n) is 3.27. The first kappa shape index (κ1) is 13.9. The number of nitrogens with one attached hydrogen (secondary N) is 1. The highest BCUT2D eigenvalue weighted by atomic mass is 32.2. The molecule has 1 saturated carbocycles. The van der Waals surface area contributed by atoms with Crippen molar-refractivity contribution in [3.63, 3.8) is 0 Å². The Morgan fingerprint density at radius 1 is 1.25 bits per heavy atom. The predicted molar refractivity (Wildman–Crippen MR) is 79.3 cm³/mol. The van der Waals surface area contributed by atoms with E-state index in [1.54, 1.807) is 4.31 Å². The van der Waals surface area contributed by atoms with Crippen molar-refractivity contribution < 1.29 is 8.42 Å². The van der Waals surface area contributed by atoms with Gasteiger partial charge in [-0.1, -0.05) is 12.1 Å². The number of nitrogen functional groups attached to an aromatic ring is 1. The van der Waals surface area contributed by atoms with E-state index >= 15 is 0 Å². The molecule has 20 heavy (non-hydrogen) atoms. The lowest BCUT2D eigenvalue weighted by Gasteiger charge is -2.26. The molecule has 2 unspecified atom stereocenters. The fraction of sp³-hybridized carbons (Fsp3) is 0.571. The van der Waals surface area contributed by atoms with Gasteiger partial charge in [0.25, 0.3) is 10.2 Å². The zero-order chi connectivity index (χ0) is 14.2. The van der Waals surface area contributed by atoms with Crippen LogP contribution in [0.2, 0.25) is 0 Å². The summed E-state index contributed by atoms with van der Waals surface area (Å²) < 4.78 is 28.9. The molecule has 0 radical (unpaired) electrons. The van der Waals surface area contributed by atoms with Gasteiger partial charge in [0, 0.05) is 24.8 Å². The zero-order valence-corrected chi connectivity index (χ0v) is 12.3. The molecule has 1 aliphatic heterocycles. The van der Waals surface area contributed by atoms with E-state index in [2.05, 4.69) is 4.72 Å². The quantitative estimate of drug-likeness (QED) is 0.800. The molecule has 0 spiro atoms. The number of fused-ring (bicyclic) bond motifs is 2. The summed E-state index contributed by atoms with van der Waals surface area (Å²) in [5.74, 6) is 0.577. The maximum Gasteiger partial charge on any atom is 0.279 e. The molecule has 0 amide bonds. The summed E-state index contributed by atoms with van der Waals surface area (Å²) in [7, 11) is -3.31. The van der Waals surface area contributed by atoms with Crippen molar-refractivity contribution in [1.29, 1.82) is 0 Å². The van der Waals surface area contributed by atoms with Crippen LogP contribution in [0.5, 0.6) is 0 Å². The summed E-state index contributed by atoms with van der Waals surface area (Å²) in [5.41, 5.74) is 7.44. The Morgan fingerprint density at radius 2 is 2.00 bits per heavy atom. The third kappa shape index (κ3) is 2.82. The molecule has 110 valence electrons. The van der Waals surface area contributed by atoms with Crippen LogP contribution in [-0.4, -0.2) is 31.9 Å². The fourth-order valence-corrected chi connectivity index (χ4v) is 4.78. The van der Waals surface area contributed by atoms with Gasteiger partial charge in [-0.25, -0.2) is 4.72 Å². The van der Waals surface area contributed by atoms with Gasteiger partial charge in [-0.15, -0.1) is 0 Å². The lowest BCUT2D eigenvalue weighted by Crippen LogP contribution is -2.45. The van der Waals surface area contributed by atoms with Crippen molar-refractivity contribution >= 4 is 15.9 Å². The zero-order valence-electron chi connectivity index (χ0n) is 11.5. The molecule has 1 heterocycles. The smallest absolute Gasteiger partial charge is 0.279 e. The first-order valence-corrected chi connectivity index (χ1v) is 8.59. The van der Waals surface area contributed by atoms with E-state index in [0.717, 1.165) is 24.1 Å².